The summed E-state index contributed by atoms with van der Waals surface area (Å²) >= 11 is 0. The molecule has 28 heavy (non-hydrogen) atoms. The maximum absolute atomic E-state index is 3.72. The zero-order valence-electron chi connectivity index (χ0n) is 19.5. The molecule has 1 rings (SSSR count). The molecule has 1 fully saturated rings. The minimum absolute atomic E-state index is 0.811. The molecule has 1 saturated carbocycles. The Morgan fingerprint density at radius 1 is 0.500 bits per heavy atom. The second-order valence-electron chi connectivity index (χ2n) is 9.34. The number of hydrogen-bond donors (Lipinski definition) is 2. The van der Waals surface area contributed by atoms with Crippen LogP contribution >= 0.6 is 0 Å². The van der Waals surface area contributed by atoms with E-state index in [-0.39, 0.29) is 0 Å². The van der Waals surface area contributed by atoms with Crippen LogP contribution in [0.3, 0.4) is 0 Å². The molecule has 0 aromatic heterocycles. The lowest BCUT2D eigenvalue weighted by molar-refractivity contribution is 0.372. The molecule has 0 radical (unpaired) electrons. The Hall–Kier alpha value is -0.0800. The van der Waals surface area contributed by atoms with Crippen molar-refractivity contribution >= 4 is 0 Å². The van der Waals surface area contributed by atoms with Crippen molar-refractivity contribution in [1.29, 1.82) is 0 Å². The van der Waals surface area contributed by atoms with Crippen LogP contribution in [-0.2, 0) is 0 Å². The van der Waals surface area contributed by atoms with Gasteiger partial charge in [-0.3, -0.25) is 0 Å². The second-order valence-corrected chi connectivity index (χ2v) is 9.34. The first-order chi connectivity index (χ1) is 13.9. The quantitative estimate of drug-likeness (QED) is 0.194. The van der Waals surface area contributed by atoms with Gasteiger partial charge < -0.3 is 10.6 Å². The molecule has 1 aliphatic carbocycles. The van der Waals surface area contributed by atoms with Gasteiger partial charge in [-0.1, -0.05) is 122 Å². The fourth-order valence-corrected chi connectivity index (χ4v) is 4.59. The van der Waals surface area contributed by atoms with Crippen LogP contribution in [0.15, 0.2) is 0 Å². The molecule has 0 heterocycles. The van der Waals surface area contributed by atoms with Gasteiger partial charge in [0.2, 0.25) is 0 Å². The SMILES string of the molecule is CCCCCCCCCCCCCCCCCCNCCNC1CCCCC1. The average molecular weight is 395 g/mol. The lowest BCUT2D eigenvalue weighted by Crippen LogP contribution is -2.36. The van der Waals surface area contributed by atoms with Crippen LogP contribution in [0.25, 0.3) is 0 Å². The molecule has 2 heteroatoms. The zero-order valence-corrected chi connectivity index (χ0v) is 19.5. The Balaban J connectivity index is 1.64. The minimum Gasteiger partial charge on any atom is -0.315 e. The van der Waals surface area contributed by atoms with Gasteiger partial charge >= 0.3 is 0 Å². The van der Waals surface area contributed by atoms with Crippen molar-refractivity contribution in [3.05, 3.63) is 0 Å². The topological polar surface area (TPSA) is 24.1 Å². The van der Waals surface area contributed by atoms with E-state index in [0.29, 0.717) is 0 Å². The molecule has 0 saturated heterocycles. The van der Waals surface area contributed by atoms with Crippen molar-refractivity contribution in [2.45, 2.75) is 148 Å². The largest absolute Gasteiger partial charge is 0.315 e. The first-order valence-electron chi connectivity index (χ1n) is 13.4. The highest BCUT2D eigenvalue weighted by atomic mass is 15.0. The average Bonchev–Trinajstić information content (AvgIpc) is 2.73. The monoisotopic (exact) mass is 394 g/mol. The second kappa shape index (κ2) is 21.6. The lowest BCUT2D eigenvalue weighted by Gasteiger charge is -2.22. The maximum atomic E-state index is 3.72. The van der Waals surface area contributed by atoms with Crippen molar-refractivity contribution in [3.63, 3.8) is 0 Å². The predicted octanol–water partition coefficient (Wildman–Crippen LogP) is 7.76. The first kappa shape index (κ1) is 26.0. The molecule has 0 unspecified atom stereocenters. The van der Waals surface area contributed by atoms with Crippen molar-refractivity contribution in [2.75, 3.05) is 19.6 Å². The van der Waals surface area contributed by atoms with Crippen molar-refractivity contribution in [2.24, 2.45) is 0 Å². The van der Waals surface area contributed by atoms with E-state index < -0.39 is 0 Å². The molecule has 0 atom stereocenters. The molecule has 0 aromatic carbocycles. The molecule has 2 nitrogen and oxygen atoms in total. The fraction of sp³-hybridized carbons (Fsp3) is 1.00. The number of nitrogens with one attached hydrogen (secondary N) is 2. The van der Waals surface area contributed by atoms with Gasteiger partial charge in [0, 0.05) is 19.1 Å². The molecule has 168 valence electrons. The highest BCUT2D eigenvalue weighted by Crippen LogP contribution is 2.17. The molecule has 0 aliphatic heterocycles. The molecule has 1 aliphatic rings. The van der Waals surface area contributed by atoms with Crippen LogP contribution in [0.1, 0.15) is 142 Å². The van der Waals surface area contributed by atoms with E-state index >= 15 is 0 Å². The Kier molecular flexibility index (Phi) is 20.0. The summed E-state index contributed by atoms with van der Waals surface area (Å²) in [5.74, 6) is 0. The highest BCUT2D eigenvalue weighted by Gasteiger charge is 2.11. The van der Waals surface area contributed by atoms with Gasteiger partial charge in [-0.05, 0) is 25.8 Å². The van der Waals surface area contributed by atoms with E-state index in [9.17, 15) is 0 Å². The van der Waals surface area contributed by atoms with Crippen molar-refractivity contribution < 1.29 is 0 Å². The van der Waals surface area contributed by atoms with Gasteiger partial charge in [0.1, 0.15) is 0 Å². The van der Waals surface area contributed by atoms with E-state index in [0.717, 1.165) is 19.1 Å². The molecule has 0 spiro atoms. The standard InChI is InChI=1S/C26H54N2/c1-2-3-4-5-6-7-8-9-10-11-12-13-14-15-16-20-23-27-24-25-28-26-21-18-17-19-22-26/h26-28H,2-25H2,1H3. The van der Waals surface area contributed by atoms with Crippen LogP contribution in [0, 0.1) is 0 Å². The first-order valence-corrected chi connectivity index (χ1v) is 13.4. The summed E-state index contributed by atoms with van der Waals surface area (Å²) in [4.78, 5) is 0. The van der Waals surface area contributed by atoms with E-state index in [1.807, 2.05) is 0 Å². The Bertz CT molecular complexity index is 286. The molecule has 2 N–H and O–H groups in total. The number of unbranched alkanes of at least 4 members (excludes halogenated alkanes) is 15. The Labute approximate surface area is 178 Å². The molecule has 0 bridgehead atoms. The van der Waals surface area contributed by atoms with Crippen LogP contribution in [0.5, 0.6) is 0 Å². The minimum atomic E-state index is 0.811. The number of rotatable bonds is 21. The zero-order chi connectivity index (χ0) is 20.0. The van der Waals surface area contributed by atoms with Crippen LogP contribution in [0.4, 0.5) is 0 Å². The third-order valence-corrected chi connectivity index (χ3v) is 6.55. The summed E-state index contributed by atoms with van der Waals surface area (Å²) < 4.78 is 0. The summed E-state index contributed by atoms with van der Waals surface area (Å²) in [7, 11) is 0. The van der Waals surface area contributed by atoms with Gasteiger partial charge in [-0.25, -0.2) is 0 Å². The summed E-state index contributed by atoms with van der Waals surface area (Å²) in [5, 5.41) is 7.33. The summed E-state index contributed by atoms with van der Waals surface area (Å²) in [5.41, 5.74) is 0. The van der Waals surface area contributed by atoms with Crippen molar-refractivity contribution in [1.82, 2.24) is 10.6 Å². The van der Waals surface area contributed by atoms with Crippen molar-refractivity contribution in [3.8, 4) is 0 Å². The van der Waals surface area contributed by atoms with Crippen LogP contribution < -0.4 is 10.6 Å². The van der Waals surface area contributed by atoms with Gasteiger partial charge in [0.05, 0.1) is 0 Å². The van der Waals surface area contributed by atoms with E-state index in [4.69, 9.17) is 0 Å². The van der Waals surface area contributed by atoms with Crippen LogP contribution in [0.2, 0.25) is 0 Å². The van der Waals surface area contributed by atoms with Gasteiger partial charge in [-0.2, -0.15) is 0 Å². The number of hydrogen-bond acceptors (Lipinski definition) is 2. The van der Waals surface area contributed by atoms with Crippen LogP contribution in [-0.4, -0.2) is 25.7 Å². The van der Waals surface area contributed by atoms with E-state index in [1.54, 1.807) is 0 Å². The summed E-state index contributed by atoms with van der Waals surface area (Å²) in [6.45, 7) is 5.82. The molecule has 0 amide bonds. The molecular weight excluding hydrogens is 340 g/mol. The molecule has 0 aromatic rings. The normalized spacial score (nSPS) is 15.3. The Morgan fingerprint density at radius 2 is 0.964 bits per heavy atom. The molecular formula is C26H54N2. The van der Waals surface area contributed by atoms with Gasteiger partial charge in [-0.15, -0.1) is 0 Å². The third-order valence-electron chi connectivity index (χ3n) is 6.55. The maximum Gasteiger partial charge on any atom is 0.00793 e. The third kappa shape index (κ3) is 18.0. The fourth-order valence-electron chi connectivity index (χ4n) is 4.59. The smallest absolute Gasteiger partial charge is 0.00793 e. The Morgan fingerprint density at radius 3 is 1.46 bits per heavy atom. The van der Waals surface area contributed by atoms with Gasteiger partial charge in [0.15, 0.2) is 0 Å². The predicted molar refractivity (Wildman–Crippen MR) is 127 cm³/mol. The summed E-state index contributed by atoms with van der Waals surface area (Å²) in [6.07, 6.45) is 30.4. The van der Waals surface area contributed by atoms with Gasteiger partial charge in [0.25, 0.3) is 0 Å². The highest BCUT2D eigenvalue weighted by molar-refractivity contribution is 4.71. The lowest BCUT2D eigenvalue weighted by atomic mass is 9.95. The van der Waals surface area contributed by atoms with E-state index in [1.165, 1.54) is 141 Å². The van der Waals surface area contributed by atoms with E-state index in [2.05, 4.69) is 17.6 Å². The summed E-state index contributed by atoms with van der Waals surface area (Å²) in [6, 6.07) is 0.811.